The van der Waals surface area contributed by atoms with Gasteiger partial charge in [0.1, 0.15) is 6.54 Å². The van der Waals surface area contributed by atoms with Crippen LogP contribution < -0.4 is 20.9 Å². The molecule has 0 atom stereocenters. The summed E-state index contributed by atoms with van der Waals surface area (Å²) in [4.78, 5) is 29.5. The molecule has 0 bridgehead atoms. The Morgan fingerprint density at radius 3 is 2.97 bits per heavy atom. The molecule has 0 aliphatic heterocycles. The molecule has 4 rings (SSSR count). The Labute approximate surface area is 183 Å². The summed E-state index contributed by atoms with van der Waals surface area (Å²) in [7, 11) is 0. The molecule has 0 saturated heterocycles. The van der Waals surface area contributed by atoms with E-state index < -0.39 is 0 Å². The predicted octanol–water partition coefficient (Wildman–Crippen LogP) is 0.924. The number of nitrogens with one attached hydrogen (secondary N) is 3. The van der Waals surface area contributed by atoms with Gasteiger partial charge in [0.05, 0.1) is 18.1 Å². The molecule has 0 aliphatic carbocycles. The number of fused-ring (bicyclic) bond motifs is 1. The number of benzene rings is 1. The maximum absolute atomic E-state index is 12.8. The van der Waals surface area contributed by atoms with Crippen LogP contribution >= 0.6 is 0 Å². The number of aromatic nitrogens is 5. The molecule has 0 unspecified atom stereocenters. The zero-order valence-corrected chi connectivity index (χ0v) is 17.6. The Kier molecular flexibility index (Phi) is 6.11. The minimum absolute atomic E-state index is 0.106. The van der Waals surface area contributed by atoms with Gasteiger partial charge in [-0.25, -0.2) is 4.98 Å². The van der Waals surface area contributed by atoms with Crippen molar-refractivity contribution in [2.75, 3.05) is 11.9 Å². The predicted molar refractivity (Wildman–Crippen MR) is 117 cm³/mol. The minimum Gasteiger partial charge on any atom is -0.365 e. The number of carbonyl (C=O) groups is 1. The summed E-state index contributed by atoms with van der Waals surface area (Å²) in [5, 5.41) is 23.5. The van der Waals surface area contributed by atoms with Gasteiger partial charge in [0, 0.05) is 47.2 Å². The molecule has 0 saturated carbocycles. The Morgan fingerprint density at radius 1 is 1.25 bits per heavy atom. The van der Waals surface area contributed by atoms with E-state index in [0.29, 0.717) is 30.9 Å². The van der Waals surface area contributed by atoms with E-state index in [-0.39, 0.29) is 23.8 Å². The maximum Gasteiger partial charge on any atom is 0.293 e. The maximum atomic E-state index is 12.8. The van der Waals surface area contributed by atoms with E-state index >= 15 is 0 Å². The number of hydrogen-bond donors (Lipinski definition) is 4. The lowest BCUT2D eigenvalue weighted by molar-refractivity contribution is -0.909. The van der Waals surface area contributed by atoms with Crippen molar-refractivity contribution in [1.29, 1.82) is 0 Å². The van der Waals surface area contributed by atoms with Crippen LogP contribution in [-0.2, 0) is 24.3 Å². The van der Waals surface area contributed by atoms with Crippen molar-refractivity contribution >= 4 is 22.6 Å². The number of carbonyl (C=O) groups excluding carboxylic acids is 1. The van der Waals surface area contributed by atoms with E-state index in [1.54, 1.807) is 31.5 Å². The largest absolute Gasteiger partial charge is 0.365 e. The first-order valence-electron chi connectivity index (χ1n) is 10.2. The summed E-state index contributed by atoms with van der Waals surface area (Å²) >= 11 is 0. The van der Waals surface area contributed by atoms with Crippen LogP contribution in [-0.4, -0.2) is 37.4 Å². The molecule has 3 aromatic heterocycles. The first-order valence-corrected chi connectivity index (χ1v) is 10.2. The number of pyridine rings is 1. The lowest BCUT2D eigenvalue weighted by Gasteiger charge is -2.12. The first-order chi connectivity index (χ1) is 15.5. The molecule has 0 fully saturated rings. The van der Waals surface area contributed by atoms with Crippen molar-refractivity contribution in [1.82, 2.24) is 25.1 Å². The summed E-state index contributed by atoms with van der Waals surface area (Å²) in [5.74, 6) is -0.112. The molecular weight excluding hydrogens is 410 g/mol. The normalized spacial score (nSPS) is 10.9. The van der Waals surface area contributed by atoms with Crippen LogP contribution in [0.4, 0.5) is 5.82 Å². The zero-order chi connectivity index (χ0) is 22.5. The standard InChI is InChI=1S/C22H23N7O3/c1-15-11-25-21(23-8-7-18-4-2-3-9-29(18)32)22(31)28(15)14-20(30)24-12-16-5-6-19-17(10-16)13-26-27-19/h2-6,9-11,13H,7-8,12,14H2,1H3,(H3-,23,24,25,26,27,30,32)/p+1. The second-order valence-electron chi connectivity index (χ2n) is 7.42. The highest BCUT2D eigenvalue weighted by Crippen LogP contribution is 2.12. The van der Waals surface area contributed by atoms with Crippen molar-refractivity contribution < 1.29 is 14.7 Å². The van der Waals surface area contributed by atoms with E-state index in [9.17, 15) is 14.8 Å². The van der Waals surface area contributed by atoms with Crippen molar-refractivity contribution in [3.05, 3.63) is 82.3 Å². The van der Waals surface area contributed by atoms with Crippen LogP contribution in [0, 0.1) is 6.92 Å². The quantitative estimate of drug-likeness (QED) is 0.241. The number of anilines is 1. The number of amides is 1. The van der Waals surface area contributed by atoms with Crippen molar-refractivity contribution in [3.8, 4) is 0 Å². The Balaban J connectivity index is 1.37. The van der Waals surface area contributed by atoms with E-state index in [4.69, 9.17) is 0 Å². The number of hydrogen-bond acceptors (Lipinski definition) is 6. The summed E-state index contributed by atoms with van der Waals surface area (Å²) in [6.07, 6.45) is 5.32. The number of rotatable bonds is 8. The first kappa shape index (κ1) is 21.0. The molecule has 3 heterocycles. The van der Waals surface area contributed by atoms with Crippen molar-refractivity contribution in [2.45, 2.75) is 26.4 Å². The molecule has 0 spiro atoms. The smallest absolute Gasteiger partial charge is 0.293 e. The van der Waals surface area contributed by atoms with Gasteiger partial charge in [-0.2, -0.15) is 5.10 Å². The van der Waals surface area contributed by atoms with Gasteiger partial charge >= 0.3 is 0 Å². The lowest BCUT2D eigenvalue weighted by Crippen LogP contribution is -2.36. The third-order valence-corrected chi connectivity index (χ3v) is 5.14. The highest BCUT2D eigenvalue weighted by Gasteiger charge is 2.13. The minimum atomic E-state index is -0.370. The van der Waals surface area contributed by atoms with Gasteiger partial charge in [0.15, 0.2) is 5.82 Å². The fourth-order valence-corrected chi connectivity index (χ4v) is 3.37. The topological polar surface area (TPSA) is 129 Å². The Morgan fingerprint density at radius 2 is 2.12 bits per heavy atom. The Bertz CT molecular complexity index is 1310. The van der Waals surface area contributed by atoms with Crippen LogP contribution in [0.5, 0.6) is 0 Å². The zero-order valence-electron chi connectivity index (χ0n) is 17.6. The van der Waals surface area contributed by atoms with Gasteiger partial charge < -0.3 is 10.6 Å². The van der Waals surface area contributed by atoms with Crippen molar-refractivity contribution in [3.63, 3.8) is 0 Å². The molecule has 10 nitrogen and oxygen atoms in total. The van der Waals surface area contributed by atoms with Crippen molar-refractivity contribution in [2.24, 2.45) is 0 Å². The summed E-state index contributed by atoms with van der Waals surface area (Å²) in [5.41, 5.74) is 2.78. The molecule has 4 aromatic rings. The third kappa shape index (κ3) is 4.75. The molecule has 1 aromatic carbocycles. The highest BCUT2D eigenvalue weighted by atomic mass is 16.5. The molecule has 0 radical (unpaired) electrons. The van der Waals surface area contributed by atoms with Crippen LogP contribution in [0.2, 0.25) is 0 Å². The monoisotopic (exact) mass is 434 g/mol. The molecule has 10 heteroatoms. The fourth-order valence-electron chi connectivity index (χ4n) is 3.37. The average molecular weight is 434 g/mol. The van der Waals surface area contributed by atoms with Crippen LogP contribution in [0.15, 0.2) is 59.8 Å². The highest BCUT2D eigenvalue weighted by molar-refractivity contribution is 5.79. The van der Waals surface area contributed by atoms with E-state index in [1.807, 2.05) is 24.3 Å². The summed E-state index contributed by atoms with van der Waals surface area (Å²) < 4.78 is 2.43. The average Bonchev–Trinajstić information content (AvgIpc) is 3.26. The van der Waals surface area contributed by atoms with Crippen LogP contribution in [0.25, 0.3) is 10.9 Å². The fraction of sp³-hybridized carbons (Fsp3) is 0.227. The number of aromatic amines is 1. The third-order valence-electron chi connectivity index (χ3n) is 5.14. The molecule has 0 aliphatic rings. The van der Waals surface area contributed by atoms with E-state index in [0.717, 1.165) is 21.2 Å². The second-order valence-corrected chi connectivity index (χ2v) is 7.42. The van der Waals surface area contributed by atoms with Gasteiger partial charge in [-0.1, -0.05) is 6.07 Å². The van der Waals surface area contributed by atoms with Gasteiger partial charge in [0.2, 0.25) is 17.8 Å². The van der Waals surface area contributed by atoms with Gasteiger partial charge in [0.25, 0.3) is 5.56 Å². The van der Waals surface area contributed by atoms with Gasteiger partial charge in [-0.05, 0) is 30.7 Å². The molecule has 32 heavy (non-hydrogen) atoms. The summed E-state index contributed by atoms with van der Waals surface area (Å²) in [6, 6.07) is 11.1. The SMILES string of the molecule is Cc1cnc(NCCc2cccc[n+]2O)c(=O)n1CC(=O)NCc1ccc2[nH]ncc2c1. The number of aryl methyl sites for hydroxylation is 1. The second kappa shape index (κ2) is 9.29. The molecule has 164 valence electrons. The van der Waals surface area contributed by atoms with Crippen LogP contribution in [0.1, 0.15) is 17.0 Å². The molecule has 4 N–H and O–H groups in total. The van der Waals surface area contributed by atoms with E-state index in [1.165, 1.54) is 10.8 Å². The lowest BCUT2D eigenvalue weighted by atomic mass is 10.1. The summed E-state index contributed by atoms with van der Waals surface area (Å²) in [6.45, 7) is 2.38. The number of nitrogens with zero attached hydrogens (tertiary/aromatic N) is 4. The van der Waals surface area contributed by atoms with Gasteiger partial charge in [-0.3, -0.25) is 24.5 Å². The van der Waals surface area contributed by atoms with E-state index in [2.05, 4.69) is 25.8 Å². The molecule has 1 amide bonds. The van der Waals surface area contributed by atoms with Gasteiger partial charge in [-0.15, -0.1) is 0 Å². The number of H-pyrrole nitrogens is 1. The Hall–Kier alpha value is -4.21. The molecular formula is C22H24N7O3+. The van der Waals surface area contributed by atoms with Crippen LogP contribution in [0.3, 0.4) is 0 Å².